The molecule has 0 aromatic heterocycles. The van der Waals surface area contributed by atoms with Crippen molar-refractivity contribution in [1.82, 2.24) is 0 Å². The summed E-state index contributed by atoms with van der Waals surface area (Å²) in [6, 6.07) is 8.62. The van der Waals surface area contributed by atoms with E-state index in [0.717, 1.165) is 0 Å². The van der Waals surface area contributed by atoms with Crippen LogP contribution >= 0.6 is 0 Å². The summed E-state index contributed by atoms with van der Waals surface area (Å²) in [5.41, 5.74) is 0.624. The number of benzene rings is 1. The largest absolute Gasteiger partial charge is 0.394 e. The summed E-state index contributed by atoms with van der Waals surface area (Å²) in [6.45, 7) is -0.813. The van der Waals surface area contributed by atoms with E-state index in [2.05, 4.69) is 4.99 Å². The molecule has 0 unspecified atom stereocenters. The molecule has 1 amide bonds. The van der Waals surface area contributed by atoms with Crippen LogP contribution in [0.5, 0.6) is 0 Å². The Balaban J connectivity index is 2.65. The van der Waals surface area contributed by atoms with E-state index in [1.807, 2.05) is 0 Å². The zero-order valence-corrected chi connectivity index (χ0v) is 10.6. The molecular weight excluding hydrogens is 266 g/mol. The van der Waals surface area contributed by atoms with E-state index in [1.165, 1.54) is 6.21 Å². The average molecular weight is 283 g/mol. The zero-order valence-electron chi connectivity index (χ0n) is 10.6. The summed E-state index contributed by atoms with van der Waals surface area (Å²) in [5.74, 6) is -1.06. The number of carbonyl (C=O) groups excluding carboxylic acids is 1. The Morgan fingerprint density at radius 3 is 2.25 bits per heavy atom. The van der Waals surface area contributed by atoms with Gasteiger partial charge < -0.3 is 25.5 Å². The summed E-state index contributed by atoms with van der Waals surface area (Å²) in [4.78, 5) is 15.0. The van der Waals surface area contributed by atoms with Crippen LogP contribution in [0.4, 0.5) is 0 Å². The Hall–Kier alpha value is -1.64. The summed E-state index contributed by atoms with van der Waals surface area (Å²) in [6.07, 6.45) is -6.26. The van der Waals surface area contributed by atoms with E-state index < -0.39 is 36.9 Å². The van der Waals surface area contributed by atoms with Crippen molar-refractivity contribution in [2.45, 2.75) is 24.4 Å². The maximum absolute atomic E-state index is 11.5. The Bertz CT molecular complexity index is 449. The molecule has 1 aromatic rings. The van der Waals surface area contributed by atoms with Gasteiger partial charge in [-0.25, -0.2) is 4.99 Å². The Morgan fingerprint density at radius 1 is 1.10 bits per heavy atom. The molecule has 1 aromatic carbocycles. The van der Waals surface area contributed by atoms with Gasteiger partial charge in [0, 0.05) is 6.21 Å². The van der Waals surface area contributed by atoms with E-state index in [4.69, 9.17) is 10.2 Å². The predicted octanol–water partition coefficient (Wildman–Crippen LogP) is -1.93. The molecule has 1 rings (SSSR count). The van der Waals surface area contributed by atoms with Crippen LogP contribution in [-0.2, 0) is 4.79 Å². The second-order valence-corrected chi connectivity index (χ2v) is 4.18. The van der Waals surface area contributed by atoms with Gasteiger partial charge in [-0.1, -0.05) is 30.3 Å². The van der Waals surface area contributed by atoms with Crippen molar-refractivity contribution >= 4 is 12.1 Å². The quantitative estimate of drug-likeness (QED) is 0.386. The molecular formula is C13H17NO6. The highest BCUT2D eigenvalue weighted by Crippen LogP contribution is 2.06. The van der Waals surface area contributed by atoms with Crippen LogP contribution < -0.4 is 0 Å². The van der Waals surface area contributed by atoms with Crippen LogP contribution in [0.1, 0.15) is 5.56 Å². The van der Waals surface area contributed by atoms with Gasteiger partial charge in [0.05, 0.1) is 6.61 Å². The number of rotatable bonds is 6. The first-order chi connectivity index (χ1) is 9.47. The lowest BCUT2D eigenvalue weighted by Crippen LogP contribution is -2.48. The average Bonchev–Trinajstić information content (AvgIpc) is 2.50. The lowest BCUT2D eigenvalue weighted by atomic mass is 10.0. The number of aliphatic hydroxyl groups excluding tert-OH is 5. The van der Waals surface area contributed by atoms with Gasteiger partial charge in [-0.2, -0.15) is 0 Å². The molecule has 7 heteroatoms. The van der Waals surface area contributed by atoms with E-state index in [9.17, 15) is 20.1 Å². The third-order valence-corrected chi connectivity index (χ3v) is 2.65. The van der Waals surface area contributed by atoms with E-state index in [0.29, 0.717) is 5.56 Å². The zero-order chi connectivity index (χ0) is 15.1. The first-order valence-corrected chi connectivity index (χ1v) is 5.93. The fourth-order valence-electron chi connectivity index (χ4n) is 1.42. The van der Waals surface area contributed by atoms with Crippen molar-refractivity contribution in [2.75, 3.05) is 6.61 Å². The van der Waals surface area contributed by atoms with E-state index >= 15 is 0 Å². The third-order valence-electron chi connectivity index (χ3n) is 2.65. The highest BCUT2D eigenvalue weighted by atomic mass is 16.4. The van der Waals surface area contributed by atoms with Crippen molar-refractivity contribution in [3.63, 3.8) is 0 Å². The SMILES string of the molecule is O=C(N=Cc1ccccc1)[C@H](O)[C@@H](O)[C@H](O)[C@H](O)CO. The van der Waals surface area contributed by atoms with Crippen molar-refractivity contribution in [3.05, 3.63) is 35.9 Å². The molecule has 110 valence electrons. The number of hydrogen-bond donors (Lipinski definition) is 5. The van der Waals surface area contributed by atoms with Gasteiger partial charge in [-0.15, -0.1) is 0 Å². The Morgan fingerprint density at radius 2 is 1.70 bits per heavy atom. The molecule has 0 saturated heterocycles. The summed E-state index contributed by atoms with van der Waals surface area (Å²) in [5, 5.41) is 46.1. The van der Waals surface area contributed by atoms with Crippen molar-refractivity contribution < 1.29 is 30.3 Å². The van der Waals surface area contributed by atoms with E-state index in [-0.39, 0.29) is 0 Å². The fraction of sp³-hybridized carbons (Fsp3) is 0.385. The number of amides is 1. The maximum atomic E-state index is 11.5. The molecule has 0 aliphatic heterocycles. The molecule has 0 heterocycles. The second kappa shape index (κ2) is 7.83. The number of aliphatic hydroxyl groups is 5. The molecule has 0 fully saturated rings. The molecule has 0 aliphatic carbocycles. The highest BCUT2D eigenvalue weighted by molar-refractivity contribution is 5.94. The van der Waals surface area contributed by atoms with Gasteiger partial charge in [-0.3, -0.25) is 4.79 Å². The number of aliphatic imine (C=N–C) groups is 1. The van der Waals surface area contributed by atoms with Gasteiger partial charge in [0.15, 0.2) is 6.10 Å². The van der Waals surface area contributed by atoms with Crippen LogP contribution in [0.15, 0.2) is 35.3 Å². The molecule has 20 heavy (non-hydrogen) atoms. The molecule has 5 N–H and O–H groups in total. The highest BCUT2D eigenvalue weighted by Gasteiger charge is 2.33. The first-order valence-electron chi connectivity index (χ1n) is 5.93. The smallest absolute Gasteiger partial charge is 0.277 e. The molecule has 0 saturated carbocycles. The predicted molar refractivity (Wildman–Crippen MR) is 70.2 cm³/mol. The summed E-state index contributed by atoms with van der Waals surface area (Å²) in [7, 11) is 0. The minimum Gasteiger partial charge on any atom is -0.394 e. The van der Waals surface area contributed by atoms with Crippen molar-refractivity contribution in [3.8, 4) is 0 Å². The van der Waals surface area contributed by atoms with Gasteiger partial charge >= 0.3 is 0 Å². The van der Waals surface area contributed by atoms with Gasteiger partial charge in [0.2, 0.25) is 0 Å². The summed E-state index contributed by atoms with van der Waals surface area (Å²) >= 11 is 0. The normalized spacial score (nSPS) is 17.6. The minimum absolute atomic E-state index is 0.624. The van der Waals surface area contributed by atoms with Crippen LogP contribution in [0.3, 0.4) is 0 Å². The molecule has 4 atom stereocenters. The van der Waals surface area contributed by atoms with E-state index in [1.54, 1.807) is 30.3 Å². The maximum Gasteiger partial charge on any atom is 0.277 e. The Labute approximate surface area is 115 Å². The first kappa shape index (κ1) is 16.4. The molecule has 0 aliphatic rings. The van der Waals surface area contributed by atoms with Crippen molar-refractivity contribution in [2.24, 2.45) is 4.99 Å². The van der Waals surface area contributed by atoms with Crippen LogP contribution in [0.25, 0.3) is 0 Å². The van der Waals surface area contributed by atoms with Crippen LogP contribution in [-0.4, -0.2) is 68.7 Å². The molecule has 0 spiro atoms. The molecule has 7 nitrogen and oxygen atoms in total. The van der Waals surface area contributed by atoms with Crippen LogP contribution in [0, 0.1) is 0 Å². The number of hydrogen-bond acceptors (Lipinski definition) is 6. The fourth-order valence-corrected chi connectivity index (χ4v) is 1.42. The standard InChI is InChI=1S/C13H17NO6/c15-7-9(16)10(17)11(18)12(19)13(20)14-6-8-4-2-1-3-5-8/h1-6,9-12,15-19H,7H2/t9-,10-,11+,12-/m1/s1. The van der Waals surface area contributed by atoms with Gasteiger partial charge in [0.1, 0.15) is 18.3 Å². The minimum atomic E-state index is -1.99. The Kier molecular flexibility index (Phi) is 6.43. The third kappa shape index (κ3) is 4.48. The van der Waals surface area contributed by atoms with Crippen LogP contribution in [0.2, 0.25) is 0 Å². The monoisotopic (exact) mass is 283 g/mol. The molecule has 0 bridgehead atoms. The second-order valence-electron chi connectivity index (χ2n) is 4.18. The lowest BCUT2D eigenvalue weighted by Gasteiger charge is -2.23. The number of carbonyl (C=O) groups is 1. The lowest BCUT2D eigenvalue weighted by molar-refractivity contribution is -0.145. The molecule has 0 radical (unpaired) electrons. The number of nitrogens with zero attached hydrogens (tertiary/aromatic N) is 1. The topological polar surface area (TPSA) is 131 Å². The van der Waals surface area contributed by atoms with Gasteiger partial charge in [0.25, 0.3) is 5.91 Å². The van der Waals surface area contributed by atoms with Gasteiger partial charge in [-0.05, 0) is 5.56 Å². The van der Waals surface area contributed by atoms with Crippen molar-refractivity contribution in [1.29, 1.82) is 0 Å². The summed E-state index contributed by atoms with van der Waals surface area (Å²) < 4.78 is 0.